The molecule has 5 nitrogen and oxygen atoms in total. The second-order valence-corrected chi connectivity index (χ2v) is 7.65. The minimum absolute atomic E-state index is 0.0305. The van der Waals surface area contributed by atoms with Crippen molar-refractivity contribution in [2.45, 2.75) is 39.5 Å². The minimum atomic E-state index is -0.0983. The van der Waals surface area contributed by atoms with Gasteiger partial charge < -0.3 is 10.2 Å². The largest absolute Gasteiger partial charge is 0.326 e. The maximum Gasteiger partial charge on any atom is 0.230 e. The molecule has 0 radical (unpaired) electrons. The molecule has 1 aliphatic carbocycles. The molecule has 29 heavy (non-hydrogen) atoms. The fourth-order valence-electron chi connectivity index (χ4n) is 4.00. The highest BCUT2D eigenvalue weighted by Crippen LogP contribution is 2.32. The molecule has 2 aromatic carbocycles. The van der Waals surface area contributed by atoms with Crippen molar-refractivity contribution in [1.82, 2.24) is 0 Å². The van der Waals surface area contributed by atoms with Crippen molar-refractivity contribution in [3.8, 4) is 6.07 Å². The lowest BCUT2D eigenvalue weighted by Crippen LogP contribution is -2.39. The van der Waals surface area contributed by atoms with Crippen molar-refractivity contribution < 1.29 is 9.59 Å². The van der Waals surface area contributed by atoms with Crippen molar-refractivity contribution in [3.63, 3.8) is 0 Å². The zero-order valence-corrected chi connectivity index (χ0v) is 17.0. The van der Waals surface area contributed by atoms with Crippen molar-refractivity contribution >= 4 is 23.2 Å². The SMILES string of the molecule is CCN(C(=O)C1CCC(C(=O)Nc2cccc(C#N)c2)CC1)c1cccc(C)c1. The summed E-state index contributed by atoms with van der Waals surface area (Å²) in [4.78, 5) is 27.5. The molecule has 150 valence electrons. The third kappa shape index (κ3) is 5.03. The number of nitriles is 1. The first-order valence-electron chi connectivity index (χ1n) is 10.2. The smallest absolute Gasteiger partial charge is 0.230 e. The monoisotopic (exact) mass is 389 g/mol. The summed E-state index contributed by atoms with van der Waals surface area (Å²) in [5.74, 6) is -0.0176. The number of hydrogen-bond acceptors (Lipinski definition) is 3. The molecule has 0 aromatic heterocycles. The van der Waals surface area contributed by atoms with E-state index in [2.05, 4.69) is 11.4 Å². The fourth-order valence-corrected chi connectivity index (χ4v) is 4.00. The van der Waals surface area contributed by atoms with Gasteiger partial charge in [0.15, 0.2) is 0 Å². The Balaban J connectivity index is 1.58. The highest BCUT2D eigenvalue weighted by atomic mass is 16.2. The number of nitrogens with one attached hydrogen (secondary N) is 1. The number of rotatable bonds is 5. The quantitative estimate of drug-likeness (QED) is 0.808. The number of anilines is 2. The molecule has 1 N–H and O–H groups in total. The molecule has 0 unspecified atom stereocenters. The van der Waals surface area contributed by atoms with E-state index < -0.39 is 0 Å². The van der Waals surface area contributed by atoms with E-state index in [1.165, 1.54) is 0 Å². The first kappa shape index (κ1) is 20.6. The van der Waals surface area contributed by atoms with Crippen LogP contribution in [0.25, 0.3) is 0 Å². The standard InChI is InChI=1S/C24H27N3O2/c1-3-27(22-9-4-6-17(2)14-22)24(29)20-12-10-19(11-13-20)23(28)26-21-8-5-7-18(15-21)16-25/h4-9,14-15,19-20H,3,10-13H2,1-2H3,(H,26,28). The summed E-state index contributed by atoms with van der Waals surface area (Å²) in [5.41, 5.74) is 3.24. The third-order valence-electron chi connectivity index (χ3n) is 5.60. The molecule has 2 amide bonds. The number of aryl methyl sites for hydroxylation is 1. The number of benzene rings is 2. The average molecular weight is 389 g/mol. The second kappa shape index (κ2) is 9.38. The third-order valence-corrected chi connectivity index (χ3v) is 5.60. The molecule has 0 atom stereocenters. The Kier molecular flexibility index (Phi) is 6.66. The lowest BCUT2D eigenvalue weighted by Gasteiger charge is -2.31. The van der Waals surface area contributed by atoms with E-state index in [1.807, 2.05) is 43.0 Å². The zero-order valence-electron chi connectivity index (χ0n) is 17.0. The van der Waals surface area contributed by atoms with Crippen LogP contribution in [-0.2, 0) is 9.59 Å². The van der Waals surface area contributed by atoms with E-state index in [9.17, 15) is 9.59 Å². The van der Waals surface area contributed by atoms with Crippen LogP contribution in [0.3, 0.4) is 0 Å². The van der Waals surface area contributed by atoms with E-state index in [1.54, 1.807) is 24.3 Å². The molecule has 1 aliphatic rings. The van der Waals surface area contributed by atoms with Crippen molar-refractivity contribution in [1.29, 1.82) is 5.26 Å². The molecule has 0 spiro atoms. The fraction of sp³-hybridized carbons (Fsp3) is 0.375. The van der Waals surface area contributed by atoms with Crippen LogP contribution in [-0.4, -0.2) is 18.4 Å². The van der Waals surface area contributed by atoms with E-state index in [4.69, 9.17) is 5.26 Å². The van der Waals surface area contributed by atoms with Gasteiger partial charge in [-0.3, -0.25) is 9.59 Å². The van der Waals surface area contributed by atoms with Gasteiger partial charge in [0.05, 0.1) is 11.6 Å². The molecule has 2 aromatic rings. The van der Waals surface area contributed by atoms with Gasteiger partial charge in [0.2, 0.25) is 11.8 Å². The van der Waals surface area contributed by atoms with Crippen LogP contribution in [0.4, 0.5) is 11.4 Å². The van der Waals surface area contributed by atoms with Gasteiger partial charge in [0, 0.05) is 29.8 Å². The van der Waals surface area contributed by atoms with Crippen LogP contribution in [0.1, 0.15) is 43.7 Å². The second-order valence-electron chi connectivity index (χ2n) is 7.65. The summed E-state index contributed by atoms with van der Waals surface area (Å²) in [6, 6.07) is 17.0. The number of carbonyl (C=O) groups excluding carboxylic acids is 2. The Morgan fingerprint density at radius 3 is 2.41 bits per heavy atom. The molecule has 5 heteroatoms. The lowest BCUT2D eigenvalue weighted by molar-refractivity contribution is -0.126. The molecule has 3 rings (SSSR count). The summed E-state index contributed by atoms with van der Waals surface area (Å²) in [7, 11) is 0. The van der Waals surface area contributed by atoms with Crippen molar-refractivity contribution in [3.05, 3.63) is 59.7 Å². The Bertz CT molecular complexity index is 924. The van der Waals surface area contributed by atoms with Gasteiger partial charge in [0.1, 0.15) is 0 Å². The van der Waals surface area contributed by atoms with Crippen LogP contribution in [0, 0.1) is 30.1 Å². The summed E-state index contributed by atoms with van der Waals surface area (Å²) >= 11 is 0. The van der Waals surface area contributed by atoms with E-state index >= 15 is 0 Å². The Labute approximate surface area is 172 Å². The van der Waals surface area contributed by atoms with E-state index in [0.29, 0.717) is 30.6 Å². The predicted molar refractivity (Wildman–Crippen MR) is 114 cm³/mol. The number of hydrogen-bond donors (Lipinski definition) is 1. The summed E-state index contributed by atoms with van der Waals surface area (Å²) in [6.45, 7) is 4.66. The molecule has 0 heterocycles. The van der Waals surface area contributed by atoms with Gasteiger partial charge >= 0.3 is 0 Å². The molecule has 1 fully saturated rings. The van der Waals surface area contributed by atoms with Crippen molar-refractivity contribution in [2.75, 3.05) is 16.8 Å². The molecule has 0 bridgehead atoms. The topological polar surface area (TPSA) is 73.2 Å². The highest BCUT2D eigenvalue weighted by Gasteiger charge is 2.32. The van der Waals surface area contributed by atoms with Gasteiger partial charge in [-0.15, -0.1) is 0 Å². The molecular formula is C24H27N3O2. The van der Waals surface area contributed by atoms with Crippen LogP contribution < -0.4 is 10.2 Å². The maximum absolute atomic E-state index is 13.1. The maximum atomic E-state index is 13.1. The van der Waals surface area contributed by atoms with Gasteiger partial charge in [-0.25, -0.2) is 0 Å². The van der Waals surface area contributed by atoms with Gasteiger partial charge in [-0.05, 0) is 75.4 Å². The average Bonchev–Trinajstić information content (AvgIpc) is 2.74. The first-order valence-corrected chi connectivity index (χ1v) is 10.2. The van der Waals surface area contributed by atoms with E-state index in [0.717, 1.165) is 24.1 Å². The molecule has 0 aliphatic heterocycles. The van der Waals surface area contributed by atoms with Crippen molar-refractivity contribution in [2.24, 2.45) is 11.8 Å². The zero-order chi connectivity index (χ0) is 20.8. The van der Waals surface area contributed by atoms with Crippen LogP contribution in [0.5, 0.6) is 0 Å². The van der Waals surface area contributed by atoms with Crippen LogP contribution >= 0.6 is 0 Å². The number of amides is 2. The highest BCUT2D eigenvalue weighted by molar-refractivity contribution is 5.96. The van der Waals surface area contributed by atoms with Gasteiger partial charge in [-0.1, -0.05) is 18.2 Å². The van der Waals surface area contributed by atoms with Crippen LogP contribution in [0.15, 0.2) is 48.5 Å². The lowest BCUT2D eigenvalue weighted by atomic mass is 9.80. The number of nitrogens with zero attached hydrogens (tertiary/aromatic N) is 2. The Morgan fingerprint density at radius 1 is 1.07 bits per heavy atom. The summed E-state index contributed by atoms with van der Waals surface area (Å²) < 4.78 is 0. The number of carbonyl (C=O) groups is 2. The first-order chi connectivity index (χ1) is 14.0. The van der Waals surface area contributed by atoms with E-state index in [-0.39, 0.29) is 23.7 Å². The Hall–Kier alpha value is -3.13. The summed E-state index contributed by atoms with van der Waals surface area (Å²) in [5, 5.41) is 11.9. The van der Waals surface area contributed by atoms with Crippen LogP contribution in [0.2, 0.25) is 0 Å². The normalized spacial score (nSPS) is 18.5. The molecule has 1 saturated carbocycles. The molecule has 0 saturated heterocycles. The van der Waals surface area contributed by atoms with Gasteiger partial charge in [0.25, 0.3) is 0 Å². The summed E-state index contributed by atoms with van der Waals surface area (Å²) in [6.07, 6.45) is 2.84. The predicted octanol–water partition coefficient (Wildman–Crippen LogP) is 4.66. The Morgan fingerprint density at radius 2 is 1.76 bits per heavy atom. The van der Waals surface area contributed by atoms with Gasteiger partial charge in [-0.2, -0.15) is 5.26 Å². The molecular weight excluding hydrogens is 362 g/mol. The minimum Gasteiger partial charge on any atom is -0.326 e.